The van der Waals surface area contributed by atoms with Crippen LogP contribution >= 0.6 is 0 Å². The lowest BCUT2D eigenvalue weighted by atomic mass is 9.99. The average molecular weight is 599 g/mol. The molecule has 0 bridgehead atoms. The second-order valence-electron chi connectivity index (χ2n) is 9.61. The molecule has 4 rings (SSSR count). The summed E-state index contributed by atoms with van der Waals surface area (Å²) in [5, 5.41) is 42.0. The number of carbonyl (C=O) groups is 2. The van der Waals surface area contributed by atoms with Crippen LogP contribution in [0.3, 0.4) is 0 Å². The molecule has 1 aromatic heterocycles. The summed E-state index contributed by atoms with van der Waals surface area (Å²) in [6.07, 6.45) is 2.08. The van der Waals surface area contributed by atoms with Crippen molar-refractivity contribution in [1.29, 1.82) is 0 Å². The third-order valence-electron chi connectivity index (χ3n) is 5.83. The van der Waals surface area contributed by atoms with Crippen LogP contribution in [0.15, 0.2) is 83.9 Å². The minimum absolute atomic E-state index is 0.0219. The van der Waals surface area contributed by atoms with Crippen molar-refractivity contribution >= 4 is 51.0 Å². The van der Waals surface area contributed by atoms with E-state index in [2.05, 4.69) is 9.71 Å². The Morgan fingerprint density at radius 1 is 0.881 bits per heavy atom. The van der Waals surface area contributed by atoms with Crippen LogP contribution < -0.4 is 10.5 Å². The molecule has 3 aromatic carbocycles. The molecule has 224 valence electrons. The highest BCUT2D eigenvalue weighted by atomic mass is 32.2. The molecule has 42 heavy (non-hydrogen) atoms. The molecule has 1 heterocycles. The summed E-state index contributed by atoms with van der Waals surface area (Å²) in [6.45, 7) is 3.89. The number of rotatable bonds is 9. The molecule has 0 aliphatic heterocycles. The van der Waals surface area contributed by atoms with E-state index >= 15 is 0 Å². The second kappa shape index (κ2) is 15.9. The number of pyridine rings is 1. The van der Waals surface area contributed by atoms with Crippen molar-refractivity contribution in [3.8, 4) is 0 Å². The van der Waals surface area contributed by atoms with E-state index in [0.29, 0.717) is 23.2 Å². The second-order valence-corrected chi connectivity index (χ2v) is 11.3. The number of benzene rings is 3. The van der Waals surface area contributed by atoms with Crippen molar-refractivity contribution in [1.82, 2.24) is 9.71 Å². The van der Waals surface area contributed by atoms with Crippen LogP contribution in [0, 0.1) is 5.92 Å². The van der Waals surface area contributed by atoms with Gasteiger partial charge in [0, 0.05) is 18.0 Å². The third kappa shape index (κ3) is 10.5. The first-order valence-electron chi connectivity index (χ1n) is 12.8. The van der Waals surface area contributed by atoms with E-state index in [1.165, 1.54) is 12.3 Å². The Bertz CT molecular complexity index is 1590. The molecule has 2 atom stereocenters. The summed E-state index contributed by atoms with van der Waals surface area (Å²) in [6, 6.07) is 19.4. The Hall–Kier alpha value is -3.92. The minimum Gasteiger partial charge on any atom is -0.480 e. The van der Waals surface area contributed by atoms with E-state index in [1.54, 1.807) is 24.3 Å². The summed E-state index contributed by atoms with van der Waals surface area (Å²) < 4.78 is 28.3. The van der Waals surface area contributed by atoms with Gasteiger partial charge < -0.3 is 31.0 Å². The van der Waals surface area contributed by atoms with Crippen molar-refractivity contribution in [2.45, 2.75) is 43.7 Å². The summed E-state index contributed by atoms with van der Waals surface area (Å²) in [4.78, 5) is 26.1. The predicted molar refractivity (Wildman–Crippen MR) is 159 cm³/mol. The van der Waals surface area contributed by atoms with E-state index in [0.717, 1.165) is 16.3 Å². The highest BCUT2D eigenvalue weighted by molar-refractivity contribution is 7.89. The normalized spacial score (nSPS) is 12.5. The van der Waals surface area contributed by atoms with E-state index in [9.17, 15) is 23.1 Å². The van der Waals surface area contributed by atoms with Gasteiger partial charge in [-0.3, -0.25) is 14.6 Å². The molecular weight excluding hydrogens is 565 g/mol. The number of carboxylic acid groups (broad SMARTS) is 2. The lowest BCUT2D eigenvalue weighted by molar-refractivity contribution is -0.139. The Balaban J connectivity index is 0.000000399. The van der Waals surface area contributed by atoms with Gasteiger partial charge in [-0.25, -0.2) is 8.42 Å². The van der Waals surface area contributed by atoms with Crippen LogP contribution in [0.25, 0.3) is 21.7 Å². The van der Waals surface area contributed by atoms with Crippen molar-refractivity contribution < 1.29 is 43.3 Å². The number of fused-ring (bicyclic) bond motifs is 2. The van der Waals surface area contributed by atoms with Gasteiger partial charge in [0.2, 0.25) is 10.0 Å². The number of nitrogens with zero attached hydrogens (tertiary/aromatic N) is 1. The van der Waals surface area contributed by atoms with Gasteiger partial charge in [-0.05, 0) is 40.8 Å². The van der Waals surface area contributed by atoms with Crippen molar-refractivity contribution in [3.05, 3.63) is 84.6 Å². The van der Waals surface area contributed by atoms with Crippen molar-refractivity contribution in [2.75, 3.05) is 0 Å². The van der Waals surface area contributed by atoms with Gasteiger partial charge in [-0.2, -0.15) is 4.72 Å². The first-order valence-corrected chi connectivity index (χ1v) is 14.3. The molecule has 0 amide bonds. The highest BCUT2D eigenvalue weighted by Crippen LogP contribution is 2.23. The Labute approximate surface area is 243 Å². The molecule has 4 aromatic rings. The topological polar surface area (TPSA) is 220 Å². The fourth-order valence-electron chi connectivity index (χ4n) is 4.02. The Kier molecular flexibility index (Phi) is 13.0. The summed E-state index contributed by atoms with van der Waals surface area (Å²) in [5.41, 5.74) is 6.28. The molecule has 0 spiro atoms. The smallest absolute Gasteiger partial charge is 0.480 e. The number of aromatic nitrogens is 1. The minimum atomic E-state index is -4.10. The maximum Gasteiger partial charge on any atom is 0.631 e. The molecule has 12 nitrogen and oxygen atoms in total. The van der Waals surface area contributed by atoms with E-state index < -0.39 is 41.4 Å². The quantitative estimate of drug-likeness (QED) is 0.137. The largest absolute Gasteiger partial charge is 0.631 e. The van der Waals surface area contributed by atoms with Crippen LogP contribution in [0.4, 0.5) is 0 Å². The van der Waals surface area contributed by atoms with Crippen molar-refractivity contribution in [2.24, 2.45) is 11.7 Å². The molecule has 14 heteroatoms. The zero-order valence-corrected chi connectivity index (χ0v) is 23.8. The molecule has 0 aliphatic rings. The van der Waals surface area contributed by atoms with Gasteiger partial charge in [0.1, 0.15) is 17.0 Å². The number of aliphatic carboxylic acids is 2. The van der Waals surface area contributed by atoms with E-state index in [1.807, 2.05) is 56.3 Å². The number of hydrogen-bond donors (Lipinski definition) is 7. The monoisotopic (exact) mass is 599 g/mol. The predicted octanol–water partition coefficient (Wildman–Crippen LogP) is 1.75. The maximum absolute atomic E-state index is 13.0. The van der Waals surface area contributed by atoms with Crippen LogP contribution in [0.1, 0.15) is 25.8 Å². The molecular formula is C28H34BN3O9S. The summed E-state index contributed by atoms with van der Waals surface area (Å²) in [7, 11) is -6.26. The Morgan fingerprint density at radius 2 is 1.45 bits per heavy atom. The van der Waals surface area contributed by atoms with Crippen LogP contribution in [0.5, 0.6) is 0 Å². The van der Waals surface area contributed by atoms with Crippen LogP contribution in [-0.4, -0.2) is 70.0 Å². The first-order chi connectivity index (χ1) is 19.7. The maximum atomic E-state index is 13.0. The number of nitrogens with two attached hydrogens (primary N) is 1. The van der Waals surface area contributed by atoms with Gasteiger partial charge >= 0.3 is 19.3 Å². The molecule has 0 radical (unpaired) electrons. The lowest BCUT2D eigenvalue weighted by Crippen LogP contribution is -2.42. The van der Waals surface area contributed by atoms with Crippen molar-refractivity contribution in [3.63, 3.8) is 0 Å². The number of para-hydroxylation sites is 1. The van der Waals surface area contributed by atoms with Crippen LogP contribution in [-0.2, 0) is 26.0 Å². The van der Waals surface area contributed by atoms with Gasteiger partial charge in [0.15, 0.2) is 0 Å². The Morgan fingerprint density at radius 3 is 2.05 bits per heavy atom. The van der Waals surface area contributed by atoms with E-state index in [4.69, 9.17) is 25.9 Å². The summed E-state index contributed by atoms with van der Waals surface area (Å²) in [5.74, 6) is -1.80. The van der Waals surface area contributed by atoms with Gasteiger partial charge in [-0.15, -0.1) is 0 Å². The van der Waals surface area contributed by atoms with Gasteiger partial charge in [0.25, 0.3) is 0 Å². The molecule has 0 saturated heterocycles. The first kappa shape index (κ1) is 34.3. The van der Waals surface area contributed by atoms with Crippen LogP contribution in [0.2, 0.25) is 0 Å². The summed E-state index contributed by atoms with van der Waals surface area (Å²) >= 11 is 0. The zero-order valence-electron chi connectivity index (χ0n) is 23.0. The number of sulfonamides is 1. The fraction of sp³-hybridized carbons (Fsp3) is 0.250. The molecule has 0 fully saturated rings. The van der Waals surface area contributed by atoms with Gasteiger partial charge in [-0.1, -0.05) is 74.5 Å². The highest BCUT2D eigenvalue weighted by Gasteiger charge is 2.27. The number of hydrogen-bond acceptors (Lipinski definition) is 9. The third-order valence-corrected chi connectivity index (χ3v) is 7.33. The van der Waals surface area contributed by atoms with E-state index in [-0.39, 0.29) is 11.3 Å². The number of nitrogens with one attached hydrogen (secondary N) is 1. The molecule has 0 saturated carbocycles. The standard InChI is InChI=1S/C22H18N2O4S.C6H13NO2.BH3O3/c25-22(26)19(14-17-9-3-7-15-6-1-2-11-18(15)17)24-29(27,28)20-12-4-8-16-10-5-13-23-21(16)20;1-4(2)3-5(7)6(8)9;2-1(3)4/h1-13,19,24H,14H2,(H,25,26);4-5H,3,7H2,1-2H3,(H,8,9);2-4H/t19-;5-;/m00./s1. The number of carboxylic acids is 2. The van der Waals surface area contributed by atoms with Gasteiger partial charge in [0.05, 0.1) is 5.52 Å². The zero-order chi connectivity index (χ0) is 31.4. The fourth-order valence-corrected chi connectivity index (χ4v) is 5.39. The average Bonchev–Trinajstić information content (AvgIpc) is 2.92. The molecule has 8 N–H and O–H groups in total. The molecule has 0 aliphatic carbocycles. The molecule has 0 unspecified atom stereocenters. The lowest BCUT2D eigenvalue weighted by Gasteiger charge is -2.17. The SMILES string of the molecule is CC(C)C[C@H](N)C(=O)O.O=C(O)[C@H](Cc1cccc2ccccc12)NS(=O)(=O)c1cccc2cccnc12.OB(O)O.